The monoisotopic (exact) mass is 279 g/mol. The van der Waals surface area contributed by atoms with Gasteiger partial charge in [0.05, 0.1) is 10.6 Å². The number of carbonyl (C=O) groups excluding carboxylic acids is 1. The maximum Gasteiger partial charge on any atom is 0.186 e. The van der Waals surface area contributed by atoms with E-state index in [9.17, 15) is 4.79 Å². The van der Waals surface area contributed by atoms with Crippen molar-refractivity contribution < 1.29 is 4.79 Å². The van der Waals surface area contributed by atoms with E-state index < -0.39 is 0 Å². The first-order chi connectivity index (χ1) is 9.31. The Balaban J connectivity index is 1.66. The van der Waals surface area contributed by atoms with Gasteiger partial charge in [0.15, 0.2) is 11.4 Å². The van der Waals surface area contributed by atoms with Gasteiger partial charge in [0.1, 0.15) is 0 Å². The minimum absolute atomic E-state index is 0.821. The van der Waals surface area contributed by atoms with Crippen LogP contribution in [0.3, 0.4) is 0 Å². The standard InChI is InChI=1S/C14H21N3OS/c1-2-3-12-13(10-18)19-14(15-12)17-8-6-16(7-9-17)11-4-5-11/h10-11H,2-9H2,1H3. The maximum atomic E-state index is 11.1. The van der Waals surface area contributed by atoms with Crippen LogP contribution >= 0.6 is 11.3 Å². The number of hydrogen-bond donors (Lipinski definition) is 0. The van der Waals surface area contributed by atoms with Crippen LogP contribution in [0.4, 0.5) is 5.13 Å². The zero-order valence-corrected chi connectivity index (χ0v) is 12.3. The zero-order valence-electron chi connectivity index (χ0n) is 11.5. The second-order valence-electron chi connectivity index (χ2n) is 5.43. The van der Waals surface area contributed by atoms with Crippen molar-refractivity contribution in [3.63, 3.8) is 0 Å². The summed E-state index contributed by atoms with van der Waals surface area (Å²) in [5, 5.41) is 1.04. The molecule has 0 spiro atoms. The molecule has 1 aliphatic carbocycles. The van der Waals surface area contributed by atoms with Gasteiger partial charge < -0.3 is 4.90 Å². The van der Waals surface area contributed by atoms with E-state index in [4.69, 9.17) is 0 Å². The molecular weight excluding hydrogens is 258 g/mol. The summed E-state index contributed by atoms with van der Waals surface area (Å²) >= 11 is 1.56. The molecule has 0 amide bonds. The minimum Gasteiger partial charge on any atom is -0.346 e. The molecule has 1 saturated heterocycles. The molecule has 1 saturated carbocycles. The molecule has 1 aromatic rings. The number of aromatic nitrogens is 1. The van der Waals surface area contributed by atoms with Crippen LogP contribution in [0.1, 0.15) is 41.6 Å². The number of aldehydes is 1. The number of carbonyl (C=O) groups is 1. The topological polar surface area (TPSA) is 36.4 Å². The Morgan fingerprint density at radius 2 is 2.05 bits per heavy atom. The molecular formula is C14H21N3OS. The molecule has 104 valence electrons. The molecule has 2 aliphatic rings. The van der Waals surface area contributed by atoms with Gasteiger partial charge in [0, 0.05) is 32.2 Å². The molecule has 5 heteroatoms. The van der Waals surface area contributed by atoms with Crippen LogP contribution in [0.5, 0.6) is 0 Å². The predicted molar refractivity (Wildman–Crippen MR) is 78.3 cm³/mol. The van der Waals surface area contributed by atoms with E-state index in [2.05, 4.69) is 21.7 Å². The van der Waals surface area contributed by atoms with Crippen LogP contribution in [0.15, 0.2) is 0 Å². The van der Waals surface area contributed by atoms with E-state index in [1.54, 1.807) is 11.3 Å². The number of nitrogens with zero attached hydrogens (tertiary/aromatic N) is 3. The highest BCUT2D eigenvalue weighted by atomic mass is 32.1. The van der Waals surface area contributed by atoms with Crippen molar-refractivity contribution in [2.24, 2.45) is 0 Å². The Hall–Kier alpha value is -0.940. The largest absolute Gasteiger partial charge is 0.346 e. The van der Waals surface area contributed by atoms with E-state index in [0.29, 0.717) is 0 Å². The van der Waals surface area contributed by atoms with Crippen molar-refractivity contribution in [3.8, 4) is 0 Å². The molecule has 2 heterocycles. The van der Waals surface area contributed by atoms with Crippen LogP contribution in [0.25, 0.3) is 0 Å². The van der Waals surface area contributed by atoms with E-state index in [1.807, 2.05) is 0 Å². The third kappa shape index (κ3) is 2.82. The highest BCUT2D eigenvalue weighted by molar-refractivity contribution is 7.17. The first-order valence-corrected chi connectivity index (χ1v) is 8.07. The minimum atomic E-state index is 0.821. The van der Waals surface area contributed by atoms with Gasteiger partial charge in [-0.25, -0.2) is 4.98 Å². The third-order valence-corrected chi connectivity index (χ3v) is 5.04. The van der Waals surface area contributed by atoms with E-state index >= 15 is 0 Å². The molecule has 2 fully saturated rings. The quantitative estimate of drug-likeness (QED) is 0.774. The van der Waals surface area contributed by atoms with Gasteiger partial charge in [-0.05, 0) is 19.3 Å². The molecule has 0 aromatic carbocycles. The van der Waals surface area contributed by atoms with Crippen LogP contribution in [-0.4, -0.2) is 48.4 Å². The SMILES string of the molecule is CCCc1nc(N2CCN(C3CC3)CC2)sc1C=O. The van der Waals surface area contributed by atoms with E-state index in [1.165, 1.54) is 12.8 Å². The van der Waals surface area contributed by atoms with Crippen molar-refractivity contribution >= 4 is 22.8 Å². The number of rotatable bonds is 5. The molecule has 0 radical (unpaired) electrons. The van der Waals surface area contributed by atoms with Crippen molar-refractivity contribution in [1.82, 2.24) is 9.88 Å². The van der Waals surface area contributed by atoms with Crippen LogP contribution in [0.2, 0.25) is 0 Å². The molecule has 0 atom stereocenters. The summed E-state index contributed by atoms with van der Waals surface area (Å²) in [5.41, 5.74) is 0.988. The lowest BCUT2D eigenvalue weighted by Gasteiger charge is -2.34. The Labute approximate surface area is 118 Å². The lowest BCUT2D eigenvalue weighted by Crippen LogP contribution is -2.47. The first-order valence-electron chi connectivity index (χ1n) is 7.25. The lowest BCUT2D eigenvalue weighted by atomic mass is 10.2. The lowest BCUT2D eigenvalue weighted by molar-refractivity contribution is 0.112. The zero-order chi connectivity index (χ0) is 13.2. The fourth-order valence-electron chi connectivity index (χ4n) is 2.71. The average Bonchev–Trinajstić information content (AvgIpc) is 3.21. The summed E-state index contributed by atoms with van der Waals surface area (Å²) in [6.07, 6.45) is 5.68. The van der Waals surface area contributed by atoms with Crippen molar-refractivity contribution in [2.75, 3.05) is 31.1 Å². The molecule has 0 unspecified atom stereocenters. The van der Waals surface area contributed by atoms with Gasteiger partial charge in [-0.2, -0.15) is 0 Å². The van der Waals surface area contributed by atoms with Gasteiger partial charge in [-0.3, -0.25) is 9.69 Å². The molecule has 1 aliphatic heterocycles. The van der Waals surface area contributed by atoms with Gasteiger partial charge in [-0.15, -0.1) is 0 Å². The molecule has 4 nitrogen and oxygen atoms in total. The smallest absolute Gasteiger partial charge is 0.186 e. The van der Waals surface area contributed by atoms with Gasteiger partial charge in [-0.1, -0.05) is 24.7 Å². The summed E-state index contributed by atoms with van der Waals surface area (Å²) in [6, 6.07) is 0.861. The van der Waals surface area contributed by atoms with Gasteiger partial charge in [0.2, 0.25) is 0 Å². The predicted octanol–water partition coefficient (Wildman–Crippen LogP) is 2.19. The number of thiazole rings is 1. The first kappa shape index (κ1) is 13.1. The van der Waals surface area contributed by atoms with Crippen LogP contribution < -0.4 is 4.90 Å². The Morgan fingerprint density at radius 1 is 1.32 bits per heavy atom. The molecule has 1 aromatic heterocycles. The fraction of sp³-hybridized carbons (Fsp3) is 0.714. The van der Waals surface area contributed by atoms with Crippen molar-refractivity contribution in [2.45, 2.75) is 38.6 Å². The summed E-state index contributed by atoms with van der Waals surface area (Å²) in [6.45, 7) is 6.51. The highest BCUT2D eigenvalue weighted by Gasteiger charge is 2.31. The number of anilines is 1. The van der Waals surface area contributed by atoms with Crippen LogP contribution in [0, 0.1) is 0 Å². The highest BCUT2D eigenvalue weighted by Crippen LogP contribution is 2.30. The second kappa shape index (κ2) is 5.59. The third-order valence-electron chi connectivity index (χ3n) is 3.96. The summed E-state index contributed by atoms with van der Waals surface area (Å²) in [7, 11) is 0. The molecule has 3 rings (SSSR count). The maximum absolute atomic E-state index is 11.1. The number of aryl methyl sites for hydroxylation is 1. The van der Waals surface area contributed by atoms with E-state index in [0.717, 1.165) is 67.1 Å². The Bertz CT molecular complexity index is 448. The summed E-state index contributed by atoms with van der Waals surface area (Å²) in [5.74, 6) is 0. The van der Waals surface area contributed by atoms with Crippen molar-refractivity contribution in [1.29, 1.82) is 0 Å². The Kier molecular flexibility index (Phi) is 3.84. The number of piperazine rings is 1. The Morgan fingerprint density at radius 3 is 2.63 bits per heavy atom. The van der Waals surface area contributed by atoms with E-state index in [-0.39, 0.29) is 0 Å². The van der Waals surface area contributed by atoms with Gasteiger partial charge >= 0.3 is 0 Å². The summed E-state index contributed by atoms with van der Waals surface area (Å²) < 4.78 is 0. The normalized spacial score (nSPS) is 20.8. The van der Waals surface area contributed by atoms with Crippen molar-refractivity contribution in [3.05, 3.63) is 10.6 Å². The second-order valence-corrected chi connectivity index (χ2v) is 6.44. The van der Waals surface area contributed by atoms with Crippen LogP contribution in [-0.2, 0) is 6.42 Å². The number of hydrogen-bond acceptors (Lipinski definition) is 5. The summed E-state index contributed by atoms with van der Waals surface area (Å²) in [4.78, 5) is 21.5. The molecule has 0 N–H and O–H groups in total. The fourth-order valence-corrected chi connectivity index (χ4v) is 3.69. The van der Waals surface area contributed by atoms with Gasteiger partial charge in [0.25, 0.3) is 0 Å². The average molecular weight is 279 g/mol. The molecule has 19 heavy (non-hydrogen) atoms. The molecule has 0 bridgehead atoms.